The number of carboxylic acid groups (broad SMARTS) is 1. The number of benzene rings is 4. The third-order valence-corrected chi connectivity index (χ3v) is 9.89. The number of carbonyl (C=O) groups excluding carboxylic acids is 1. The van der Waals surface area contributed by atoms with Crippen molar-refractivity contribution in [1.82, 2.24) is 0 Å². The first-order valence-corrected chi connectivity index (χ1v) is 18.9. The van der Waals surface area contributed by atoms with Gasteiger partial charge in [0.15, 0.2) is 0 Å². The zero-order chi connectivity index (χ0) is 40.6. The predicted molar refractivity (Wildman–Crippen MR) is 209 cm³/mol. The molecule has 0 aromatic heterocycles. The van der Waals surface area contributed by atoms with Gasteiger partial charge in [0.1, 0.15) is 11.5 Å². The van der Waals surface area contributed by atoms with Gasteiger partial charge in [-0.15, -0.1) is 0 Å². The Labute approximate surface area is 353 Å². The molecule has 59 heavy (non-hydrogen) atoms. The maximum absolute atomic E-state index is 12.9. The zero-order valence-corrected chi connectivity index (χ0v) is 33.0. The van der Waals surface area contributed by atoms with Crippen LogP contribution < -0.4 is 28.3 Å². The minimum atomic E-state index is -4.39. The second-order valence-electron chi connectivity index (χ2n) is 14.2. The fraction of sp³-hybridized carbons (Fsp3) is 0.422. The molecule has 2 aliphatic rings. The smallest absolute Gasteiger partial charge is 0.870 e. The molecule has 2 saturated carbocycles. The van der Waals surface area contributed by atoms with Gasteiger partial charge < -0.3 is 24.8 Å². The molecule has 0 aliphatic heterocycles. The Kier molecular flexibility index (Phi) is 19.1. The number of carboxylic acids is 1. The number of hydrogen-bond donors (Lipinski definition) is 1. The fourth-order valence-corrected chi connectivity index (χ4v) is 6.22. The molecule has 6 rings (SSSR count). The van der Waals surface area contributed by atoms with E-state index in [0.717, 1.165) is 55.5 Å². The minimum Gasteiger partial charge on any atom is -0.870 e. The van der Waals surface area contributed by atoms with Crippen LogP contribution in [0.25, 0.3) is 22.3 Å². The molecule has 0 spiro atoms. The van der Waals surface area contributed by atoms with Crippen LogP contribution >= 0.6 is 0 Å². The van der Waals surface area contributed by atoms with Crippen LogP contribution in [0.2, 0.25) is 0 Å². The summed E-state index contributed by atoms with van der Waals surface area (Å²) in [5.41, 5.74) is 2.63. The van der Waals surface area contributed by atoms with Crippen LogP contribution in [0.4, 0.5) is 26.3 Å². The van der Waals surface area contributed by atoms with Gasteiger partial charge in [0, 0.05) is 11.1 Å². The molecule has 2 N–H and O–H groups in total. The quantitative estimate of drug-likeness (QED) is 0.0723. The van der Waals surface area contributed by atoms with Crippen LogP contribution in [0.5, 0.6) is 11.5 Å². The third-order valence-electron chi connectivity index (χ3n) is 9.89. The first-order chi connectivity index (χ1) is 26.6. The summed E-state index contributed by atoms with van der Waals surface area (Å²) >= 11 is 0. The van der Waals surface area contributed by atoms with E-state index in [1.807, 2.05) is 25.1 Å². The molecule has 2 atom stereocenters. The minimum absolute atomic E-state index is 0. The molecule has 14 heteroatoms. The van der Waals surface area contributed by atoms with Gasteiger partial charge in [0.05, 0.1) is 42.8 Å². The summed E-state index contributed by atoms with van der Waals surface area (Å²) < 4.78 is 94.1. The van der Waals surface area contributed by atoms with Crippen molar-refractivity contribution in [3.63, 3.8) is 0 Å². The van der Waals surface area contributed by atoms with Gasteiger partial charge >= 0.3 is 43.2 Å². The maximum Gasteiger partial charge on any atom is 1.00 e. The Morgan fingerprint density at radius 3 is 1.32 bits per heavy atom. The number of rotatable bonds is 15. The molecule has 0 bridgehead atoms. The molecule has 4 aromatic rings. The number of hydrogen-bond acceptors (Lipinski definition) is 6. The van der Waals surface area contributed by atoms with Crippen molar-refractivity contribution in [2.45, 2.75) is 90.9 Å². The van der Waals surface area contributed by atoms with Crippen LogP contribution in [0, 0.1) is 11.8 Å². The molecule has 2 fully saturated rings. The first-order valence-electron chi connectivity index (χ1n) is 18.9. The molecule has 0 heterocycles. The largest absolute Gasteiger partial charge is 1.00 e. The van der Waals surface area contributed by atoms with E-state index < -0.39 is 41.3 Å². The number of carbonyl (C=O) groups is 2. The molecule has 7 nitrogen and oxygen atoms in total. The van der Waals surface area contributed by atoms with Crippen LogP contribution in [0.3, 0.4) is 0 Å². The van der Waals surface area contributed by atoms with Crippen LogP contribution in [-0.2, 0) is 26.7 Å². The first kappa shape index (κ1) is 50.7. The molecular formula is C45H51F6LiO7. The molecule has 4 aromatic carbocycles. The van der Waals surface area contributed by atoms with Crippen molar-refractivity contribution in [3.05, 3.63) is 107 Å². The van der Waals surface area contributed by atoms with E-state index >= 15 is 0 Å². The Morgan fingerprint density at radius 2 is 1.02 bits per heavy atom. The zero-order valence-electron chi connectivity index (χ0n) is 33.0. The molecule has 0 saturated heterocycles. The van der Waals surface area contributed by atoms with E-state index in [-0.39, 0.29) is 37.7 Å². The van der Waals surface area contributed by atoms with Gasteiger partial charge in [0.2, 0.25) is 0 Å². The van der Waals surface area contributed by atoms with Crippen molar-refractivity contribution in [3.8, 4) is 33.8 Å². The Balaban J connectivity index is 0.000000388. The van der Waals surface area contributed by atoms with E-state index in [1.54, 1.807) is 32.0 Å². The van der Waals surface area contributed by atoms with Gasteiger partial charge in [-0.3, -0.25) is 9.59 Å². The second-order valence-corrected chi connectivity index (χ2v) is 14.2. The summed E-state index contributed by atoms with van der Waals surface area (Å²) in [5, 5.41) is 9.39. The normalized spacial score (nSPS) is 14.5. The SMILES string of the molecule is C.CCC(C(=O)O)c1ccc(-c2ccc(C(F)(F)F)cc2)c(OCC2CC2)c1.CCOC(=O)C(CC)c1ccc(-c2ccc(C(F)(F)F)cc2)c(OCC2CC2)c1.[Li+].[OH-]. The molecule has 0 amide bonds. The van der Waals surface area contributed by atoms with Crippen LogP contribution in [0.15, 0.2) is 84.9 Å². The average molecular weight is 825 g/mol. The average Bonchev–Trinajstić information content (AvgIpc) is 4.10. The van der Waals surface area contributed by atoms with Crippen molar-refractivity contribution < 1.29 is 79.6 Å². The molecule has 2 aliphatic carbocycles. The van der Waals surface area contributed by atoms with E-state index in [4.69, 9.17) is 14.2 Å². The Morgan fingerprint density at radius 1 is 0.644 bits per heavy atom. The van der Waals surface area contributed by atoms with Crippen molar-refractivity contribution in [1.29, 1.82) is 0 Å². The van der Waals surface area contributed by atoms with Gasteiger partial charge in [-0.25, -0.2) is 0 Å². The summed E-state index contributed by atoms with van der Waals surface area (Å²) in [6.07, 6.45) is -3.29. The second kappa shape index (κ2) is 22.2. The van der Waals surface area contributed by atoms with E-state index in [1.165, 1.54) is 24.3 Å². The van der Waals surface area contributed by atoms with Gasteiger partial charge in [-0.1, -0.05) is 69.8 Å². The van der Waals surface area contributed by atoms with Crippen LogP contribution in [-0.4, -0.2) is 42.3 Å². The molecule has 2 unspecified atom stereocenters. The summed E-state index contributed by atoms with van der Waals surface area (Å²) in [7, 11) is 0. The monoisotopic (exact) mass is 824 g/mol. The number of aliphatic carboxylic acids is 1. The van der Waals surface area contributed by atoms with Crippen molar-refractivity contribution >= 4 is 11.9 Å². The van der Waals surface area contributed by atoms with Crippen molar-refractivity contribution in [2.75, 3.05) is 19.8 Å². The van der Waals surface area contributed by atoms with Crippen LogP contribution in [0.1, 0.15) is 101 Å². The Bertz CT molecular complexity index is 1940. The summed E-state index contributed by atoms with van der Waals surface area (Å²) in [6, 6.07) is 20.5. The molecular weight excluding hydrogens is 773 g/mol. The molecule has 0 radical (unpaired) electrons. The van der Waals surface area contributed by atoms with E-state index in [9.17, 15) is 41.0 Å². The number of esters is 1. The topological polar surface area (TPSA) is 112 Å². The van der Waals surface area contributed by atoms with Gasteiger partial charge in [0.25, 0.3) is 0 Å². The van der Waals surface area contributed by atoms with Gasteiger partial charge in [-0.2, -0.15) is 26.3 Å². The maximum atomic E-state index is 12.9. The van der Waals surface area contributed by atoms with E-state index in [2.05, 4.69) is 0 Å². The number of halogens is 6. The van der Waals surface area contributed by atoms with E-state index in [0.29, 0.717) is 83.8 Å². The van der Waals surface area contributed by atoms with Crippen molar-refractivity contribution in [2.24, 2.45) is 11.8 Å². The fourth-order valence-electron chi connectivity index (χ4n) is 6.22. The summed E-state index contributed by atoms with van der Waals surface area (Å²) in [4.78, 5) is 23.7. The van der Waals surface area contributed by atoms with Gasteiger partial charge in [-0.05, 0) is 116 Å². The number of alkyl halides is 6. The predicted octanol–water partition coefficient (Wildman–Crippen LogP) is 9.42. The third kappa shape index (κ3) is 14.1. The summed E-state index contributed by atoms with van der Waals surface area (Å²) in [5.74, 6) is -0.134. The Hall–Kier alpha value is -4.44. The standard InChI is InChI=1S/C23H25F3O3.C21H21F3O3.CH4.Li.H2O/c1-3-19(22(27)28-4-2)17-9-12-20(21(13-17)29-14-15-5-6-15)16-7-10-18(11-8-16)23(24,25)26;1-2-17(20(25)26)15-7-10-18(19(11-15)27-12-13-3-4-13)14-5-8-16(9-6-14)21(22,23)24;;;/h7-13,15,19H,3-6,14H2,1-2H3;5-11,13,17H,2-4,12H2,1H3,(H,25,26);1H4;;1H2/q;;;+1;/p-1. The number of ether oxygens (including phenoxy) is 3. The summed E-state index contributed by atoms with van der Waals surface area (Å²) in [6.45, 7) is 6.88. The molecule has 316 valence electrons.